The van der Waals surface area contributed by atoms with Crippen LogP contribution in [0.4, 0.5) is 5.69 Å². The Hall–Kier alpha value is -2.23. The summed E-state index contributed by atoms with van der Waals surface area (Å²) in [7, 11) is -3.74. The van der Waals surface area contributed by atoms with Crippen LogP contribution >= 0.6 is 34.9 Å². The molecule has 0 fully saturated rings. The number of anilines is 1. The number of nitrogens with one attached hydrogen (secondary N) is 1. The van der Waals surface area contributed by atoms with Crippen LogP contribution < -0.4 is 10.1 Å². The molecule has 1 aromatic heterocycles. The van der Waals surface area contributed by atoms with E-state index in [0.717, 1.165) is 15.7 Å². The van der Waals surface area contributed by atoms with Gasteiger partial charge in [-0.15, -0.1) is 11.3 Å². The molecule has 0 saturated carbocycles. The van der Waals surface area contributed by atoms with Crippen molar-refractivity contribution in [2.75, 3.05) is 31.7 Å². The first-order valence-corrected chi connectivity index (χ1v) is 16.2. The van der Waals surface area contributed by atoms with E-state index in [1.54, 1.807) is 27.7 Å². The summed E-state index contributed by atoms with van der Waals surface area (Å²) in [5, 5.41) is 4.02. The lowest BCUT2D eigenvalue weighted by molar-refractivity contribution is 0.0531. The van der Waals surface area contributed by atoms with Crippen molar-refractivity contribution >= 4 is 46.5 Å². The molecule has 0 bridgehead atoms. The normalized spacial score (nSPS) is 12.4. The van der Waals surface area contributed by atoms with Crippen LogP contribution in [0, 0.1) is 12.8 Å². The van der Waals surface area contributed by atoms with Gasteiger partial charge in [0.2, 0.25) is 0 Å². The number of halogens is 1. The second kappa shape index (κ2) is 14.4. The Morgan fingerprint density at radius 3 is 2.31 bits per heavy atom. The highest BCUT2D eigenvalue weighted by Crippen LogP contribution is 2.62. The van der Waals surface area contributed by atoms with Crippen LogP contribution in [0.1, 0.15) is 61.3 Å². The van der Waals surface area contributed by atoms with Crippen LogP contribution in [-0.2, 0) is 18.3 Å². The molecule has 0 saturated heterocycles. The monoisotopic (exact) mass is 638 g/mol. The molecule has 0 radical (unpaired) electrons. The van der Waals surface area contributed by atoms with Crippen LogP contribution in [0.15, 0.2) is 46.9 Å². The summed E-state index contributed by atoms with van der Waals surface area (Å²) in [6.07, 6.45) is 0. The lowest BCUT2D eigenvalue weighted by Gasteiger charge is -2.30. The number of thiazole rings is 1. The van der Waals surface area contributed by atoms with E-state index in [2.05, 4.69) is 40.1 Å². The van der Waals surface area contributed by atoms with E-state index >= 15 is 0 Å². The van der Waals surface area contributed by atoms with Crippen LogP contribution in [-0.4, -0.2) is 37.4 Å². The van der Waals surface area contributed by atoms with Crippen LogP contribution in [0.5, 0.6) is 5.75 Å². The summed E-state index contributed by atoms with van der Waals surface area (Å²) in [6, 6.07) is 13.2. The van der Waals surface area contributed by atoms with Gasteiger partial charge >= 0.3 is 13.6 Å². The smallest absolute Gasteiger partial charge is 0.357 e. The molecule has 0 aliphatic rings. The minimum Gasteiger partial charge on any atom is -0.493 e. The van der Waals surface area contributed by atoms with Crippen molar-refractivity contribution in [3.8, 4) is 16.3 Å². The summed E-state index contributed by atoms with van der Waals surface area (Å²) in [5.74, 6) is -0.454. The zero-order valence-electron chi connectivity index (χ0n) is 23.2. The lowest BCUT2D eigenvalue weighted by Crippen LogP contribution is -2.17. The Balaban J connectivity index is 2.19. The largest absolute Gasteiger partial charge is 0.493 e. The Morgan fingerprint density at radius 1 is 1.05 bits per heavy atom. The second-order valence-corrected chi connectivity index (χ2v) is 13.1. The van der Waals surface area contributed by atoms with Gasteiger partial charge in [0, 0.05) is 21.3 Å². The zero-order chi connectivity index (χ0) is 28.6. The molecule has 1 N–H and O–H groups in total. The molecule has 0 aliphatic carbocycles. The number of nitrogens with zero attached hydrogens (tertiary/aromatic N) is 1. The Kier molecular flexibility index (Phi) is 11.6. The predicted octanol–water partition coefficient (Wildman–Crippen LogP) is 8.47. The summed E-state index contributed by atoms with van der Waals surface area (Å²) >= 11 is 4.72. The van der Waals surface area contributed by atoms with E-state index in [0.29, 0.717) is 33.5 Å². The number of carbonyl (C=O) groups is 1. The summed E-state index contributed by atoms with van der Waals surface area (Å²) < 4.78 is 38.3. The quantitative estimate of drug-likeness (QED) is 0.139. The molecule has 39 heavy (non-hydrogen) atoms. The fourth-order valence-electron chi connectivity index (χ4n) is 3.77. The molecule has 3 aromatic rings. The number of hydrogen-bond donors (Lipinski definition) is 1. The van der Waals surface area contributed by atoms with Gasteiger partial charge in [-0.3, -0.25) is 4.57 Å². The Morgan fingerprint density at radius 2 is 1.72 bits per heavy atom. The van der Waals surface area contributed by atoms with Gasteiger partial charge in [-0.05, 0) is 76.1 Å². The maximum atomic E-state index is 14.3. The third-order valence-electron chi connectivity index (χ3n) is 5.46. The van der Waals surface area contributed by atoms with Gasteiger partial charge in [0.1, 0.15) is 15.6 Å². The number of esters is 1. The van der Waals surface area contributed by atoms with Gasteiger partial charge in [0.25, 0.3) is 0 Å². The Bertz CT molecular complexity index is 1290. The highest BCUT2D eigenvalue weighted by atomic mass is 79.9. The van der Waals surface area contributed by atoms with Crippen molar-refractivity contribution in [2.24, 2.45) is 5.92 Å². The average molecular weight is 640 g/mol. The van der Waals surface area contributed by atoms with Gasteiger partial charge in [0.05, 0.1) is 32.1 Å². The van der Waals surface area contributed by atoms with Gasteiger partial charge in [-0.25, -0.2) is 9.78 Å². The second-order valence-electron chi connectivity index (χ2n) is 9.04. The van der Waals surface area contributed by atoms with Crippen LogP contribution in [0.25, 0.3) is 10.6 Å². The van der Waals surface area contributed by atoms with Crippen molar-refractivity contribution in [1.82, 2.24) is 4.98 Å². The minimum atomic E-state index is -3.74. The molecule has 0 amide bonds. The number of ether oxygens (including phenoxy) is 2. The van der Waals surface area contributed by atoms with Crippen molar-refractivity contribution in [3.05, 3.63) is 63.1 Å². The molecule has 212 valence electrons. The highest BCUT2D eigenvalue weighted by molar-refractivity contribution is 9.10. The maximum Gasteiger partial charge on any atom is 0.357 e. The van der Waals surface area contributed by atoms with E-state index in [1.165, 1.54) is 11.3 Å². The number of carbonyl (C=O) groups excluding carboxylic acids is 1. The van der Waals surface area contributed by atoms with E-state index in [4.69, 9.17) is 18.5 Å². The third-order valence-corrected chi connectivity index (χ3v) is 9.45. The SMILES string of the molecule is CCOC(=O)c1sc(-c2ccc(OCC(C)C)c(C(Nc3ccc(Br)cc3)P(=O)(OCC)OCC)c2)nc1C. The lowest BCUT2D eigenvalue weighted by atomic mass is 10.1. The van der Waals surface area contributed by atoms with Crippen molar-refractivity contribution in [3.63, 3.8) is 0 Å². The van der Waals surface area contributed by atoms with Gasteiger partial charge < -0.3 is 23.8 Å². The van der Waals surface area contributed by atoms with Crippen LogP contribution in [0.2, 0.25) is 0 Å². The molecule has 0 aliphatic heterocycles. The Labute approximate surface area is 243 Å². The number of aromatic nitrogens is 1. The molecule has 0 spiro atoms. The maximum absolute atomic E-state index is 14.3. The highest BCUT2D eigenvalue weighted by Gasteiger charge is 2.39. The molecule has 11 heteroatoms. The first-order chi connectivity index (χ1) is 18.6. The molecule has 1 unspecified atom stereocenters. The molecule has 2 aromatic carbocycles. The predicted molar refractivity (Wildman–Crippen MR) is 160 cm³/mol. The molecular weight excluding hydrogens is 603 g/mol. The zero-order valence-corrected chi connectivity index (χ0v) is 26.5. The summed E-state index contributed by atoms with van der Waals surface area (Å²) in [4.78, 5) is 17.5. The molecule has 3 rings (SSSR count). The number of aryl methyl sites for hydroxylation is 1. The number of hydrogen-bond acceptors (Lipinski definition) is 9. The first-order valence-electron chi connectivity index (χ1n) is 12.9. The van der Waals surface area contributed by atoms with E-state index in [-0.39, 0.29) is 25.7 Å². The van der Waals surface area contributed by atoms with Crippen molar-refractivity contribution in [1.29, 1.82) is 0 Å². The van der Waals surface area contributed by atoms with Crippen molar-refractivity contribution < 1.29 is 27.9 Å². The fourth-order valence-corrected chi connectivity index (χ4v) is 6.93. The van der Waals surface area contributed by atoms with E-state index in [1.807, 2.05) is 42.5 Å². The van der Waals surface area contributed by atoms with Gasteiger partial charge in [-0.2, -0.15) is 0 Å². The van der Waals surface area contributed by atoms with Gasteiger partial charge in [0.15, 0.2) is 5.78 Å². The summed E-state index contributed by atoms with van der Waals surface area (Å²) in [6.45, 7) is 12.4. The fraction of sp³-hybridized carbons (Fsp3) is 0.429. The molecular formula is C28H36BrN2O6PS. The number of benzene rings is 2. The molecule has 1 atom stereocenters. The van der Waals surface area contributed by atoms with Crippen LogP contribution in [0.3, 0.4) is 0 Å². The molecule has 1 heterocycles. The average Bonchev–Trinajstić information content (AvgIpc) is 3.29. The number of rotatable bonds is 14. The first kappa shape index (κ1) is 31.3. The minimum absolute atomic E-state index is 0.201. The summed E-state index contributed by atoms with van der Waals surface area (Å²) in [5.41, 5.74) is 2.67. The van der Waals surface area contributed by atoms with Gasteiger partial charge in [-0.1, -0.05) is 29.8 Å². The standard InChI is InChI=1S/C28H36BrN2O6PS/c1-7-34-28(32)25-19(6)30-27(39-25)20-10-15-24(35-17-18(4)5)23(16-20)26(38(33,36-8-2)37-9-3)31-22-13-11-21(29)12-14-22/h10-16,18,26,31H,7-9,17H2,1-6H3. The van der Waals surface area contributed by atoms with E-state index in [9.17, 15) is 9.36 Å². The van der Waals surface area contributed by atoms with E-state index < -0.39 is 19.3 Å². The third kappa shape index (κ3) is 8.14. The topological polar surface area (TPSA) is 96.0 Å². The molecule has 8 nitrogen and oxygen atoms in total. The van der Waals surface area contributed by atoms with Crippen molar-refractivity contribution in [2.45, 2.75) is 47.3 Å².